The van der Waals surface area contributed by atoms with Gasteiger partial charge >= 0.3 is 5.97 Å². The van der Waals surface area contributed by atoms with Gasteiger partial charge in [0.2, 0.25) is 0 Å². The summed E-state index contributed by atoms with van der Waals surface area (Å²) in [4.78, 5) is 25.9. The number of hydrogen-bond donors (Lipinski definition) is 0. The highest BCUT2D eigenvalue weighted by Crippen LogP contribution is 2.19. The van der Waals surface area contributed by atoms with E-state index in [1.807, 2.05) is 85.8 Å². The third kappa shape index (κ3) is 6.04. The number of likely N-dealkylation sites (N-methyl/N-ethyl adjacent to an activating group) is 1. The van der Waals surface area contributed by atoms with Crippen molar-refractivity contribution in [2.45, 2.75) is 19.9 Å². The van der Waals surface area contributed by atoms with Crippen molar-refractivity contribution in [1.29, 1.82) is 0 Å². The van der Waals surface area contributed by atoms with Crippen LogP contribution in [0.4, 0.5) is 0 Å². The molecule has 0 aliphatic rings. The van der Waals surface area contributed by atoms with Crippen LogP contribution in [0.1, 0.15) is 16.7 Å². The molecule has 0 heterocycles. The Kier molecular flexibility index (Phi) is 6.80. The highest BCUT2D eigenvalue weighted by molar-refractivity contribution is 5.81. The van der Waals surface area contributed by atoms with Gasteiger partial charge in [-0.05, 0) is 29.2 Å². The van der Waals surface area contributed by atoms with Crippen molar-refractivity contribution in [3.8, 4) is 11.1 Å². The number of hydrogen-bond acceptors (Lipinski definition) is 3. The van der Waals surface area contributed by atoms with Gasteiger partial charge in [-0.1, -0.05) is 84.4 Å². The number of ether oxygens (including phenoxy) is 1. The first-order valence-corrected chi connectivity index (χ1v) is 9.61. The number of aryl methyl sites for hydroxylation is 1. The summed E-state index contributed by atoms with van der Waals surface area (Å²) in [6.45, 7) is 2.26. The molecule has 0 spiro atoms. The summed E-state index contributed by atoms with van der Waals surface area (Å²) in [5, 5.41) is 0. The van der Waals surface area contributed by atoms with Crippen LogP contribution in [0.15, 0.2) is 78.9 Å². The van der Waals surface area contributed by atoms with E-state index in [0.29, 0.717) is 6.54 Å². The van der Waals surface area contributed by atoms with E-state index in [0.717, 1.165) is 22.3 Å². The van der Waals surface area contributed by atoms with Gasteiger partial charge < -0.3 is 9.64 Å². The Balaban J connectivity index is 1.46. The molecular formula is C25H25NO3. The molecule has 0 unspecified atom stereocenters. The molecule has 4 heteroatoms. The van der Waals surface area contributed by atoms with Gasteiger partial charge in [-0.25, -0.2) is 0 Å². The van der Waals surface area contributed by atoms with E-state index in [1.165, 1.54) is 5.56 Å². The minimum atomic E-state index is -0.408. The predicted octanol–water partition coefficient (Wildman–Crippen LogP) is 4.41. The van der Waals surface area contributed by atoms with Gasteiger partial charge in [0.15, 0.2) is 6.61 Å². The first-order chi connectivity index (χ1) is 14.0. The molecule has 0 bridgehead atoms. The maximum absolute atomic E-state index is 12.2. The van der Waals surface area contributed by atoms with Crippen LogP contribution in [0, 0.1) is 6.92 Å². The Bertz CT molecular complexity index is 948. The van der Waals surface area contributed by atoms with Gasteiger partial charge in [-0.15, -0.1) is 0 Å². The Morgan fingerprint density at radius 3 is 2.03 bits per heavy atom. The monoisotopic (exact) mass is 387 g/mol. The predicted molar refractivity (Wildman–Crippen MR) is 114 cm³/mol. The van der Waals surface area contributed by atoms with Crippen molar-refractivity contribution >= 4 is 11.9 Å². The molecule has 0 aliphatic heterocycles. The van der Waals surface area contributed by atoms with Crippen molar-refractivity contribution in [2.24, 2.45) is 0 Å². The average molecular weight is 387 g/mol. The topological polar surface area (TPSA) is 46.6 Å². The van der Waals surface area contributed by atoms with Gasteiger partial charge in [-0.3, -0.25) is 9.59 Å². The molecule has 0 aliphatic carbocycles. The Morgan fingerprint density at radius 1 is 0.793 bits per heavy atom. The lowest BCUT2D eigenvalue weighted by atomic mass is 10.0. The second-order valence-electron chi connectivity index (χ2n) is 7.14. The number of esters is 1. The largest absolute Gasteiger partial charge is 0.455 e. The summed E-state index contributed by atoms with van der Waals surface area (Å²) in [7, 11) is 1.71. The zero-order chi connectivity index (χ0) is 20.6. The minimum absolute atomic E-state index is 0.143. The maximum atomic E-state index is 12.2. The quantitative estimate of drug-likeness (QED) is 0.564. The first kappa shape index (κ1) is 20.3. The van der Waals surface area contributed by atoms with Crippen LogP contribution in [-0.4, -0.2) is 30.4 Å². The second kappa shape index (κ2) is 9.69. The zero-order valence-electron chi connectivity index (χ0n) is 16.8. The summed E-state index contributed by atoms with van der Waals surface area (Å²) < 4.78 is 5.17. The van der Waals surface area contributed by atoms with Gasteiger partial charge in [0.25, 0.3) is 5.91 Å². The van der Waals surface area contributed by atoms with E-state index in [4.69, 9.17) is 4.74 Å². The normalized spacial score (nSPS) is 10.4. The van der Waals surface area contributed by atoms with E-state index in [-0.39, 0.29) is 18.9 Å². The number of carbonyl (C=O) groups excluding carboxylic acids is 2. The van der Waals surface area contributed by atoms with E-state index in [2.05, 4.69) is 0 Å². The maximum Gasteiger partial charge on any atom is 0.310 e. The summed E-state index contributed by atoms with van der Waals surface area (Å²) in [5.41, 5.74) is 5.29. The molecule has 4 nitrogen and oxygen atoms in total. The summed E-state index contributed by atoms with van der Waals surface area (Å²) in [6.07, 6.45) is 0.143. The van der Waals surface area contributed by atoms with Crippen LogP contribution in [-0.2, 0) is 27.3 Å². The van der Waals surface area contributed by atoms with Crippen LogP contribution < -0.4 is 0 Å². The van der Waals surface area contributed by atoms with Gasteiger partial charge in [0, 0.05) is 13.6 Å². The van der Waals surface area contributed by atoms with E-state index < -0.39 is 5.97 Å². The summed E-state index contributed by atoms with van der Waals surface area (Å²) in [6, 6.07) is 25.8. The molecule has 3 aromatic rings. The van der Waals surface area contributed by atoms with Crippen molar-refractivity contribution in [3.05, 3.63) is 95.6 Å². The standard InChI is InChI=1S/C25H25NO3/c1-19-8-10-21(11-9-19)17-26(2)24(27)18-29-25(28)16-20-12-14-23(15-13-20)22-6-4-3-5-7-22/h3-15H,16-18H2,1-2H3. The number of amides is 1. The SMILES string of the molecule is Cc1ccc(CN(C)C(=O)COC(=O)Cc2ccc(-c3ccccc3)cc2)cc1. The molecule has 0 radical (unpaired) electrons. The number of carbonyl (C=O) groups is 2. The van der Waals surface area contributed by atoms with Gasteiger partial charge in [0.1, 0.15) is 0 Å². The van der Waals surface area contributed by atoms with Crippen LogP contribution in [0.5, 0.6) is 0 Å². The number of rotatable bonds is 7. The molecule has 3 aromatic carbocycles. The third-order valence-electron chi connectivity index (χ3n) is 4.73. The first-order valence-electron chi connectivity index (χ1n) is 9.61. The molecule has 1 amide bonds. The second-order valence-corrected chi connectivity index (χ2v) is 7.14. The van der Waals surface area contributed by atoms with Crippen molar-refractivity contribution < 1.29 is 14.3 Å². The van der Waals surface area contributed by atoms with Crippen LogP contribution in [0.2, 0.25) is 0 Å². The molecule has 0 saturated heterocycles. The zero-order valence-corrected chi connectivity index (χ0v) is 16.8. The molecule has 29 heavy (non-hydrogen) atoms. The van der Waals surface area contributed by atoms with Crippen molar-refractivity contribution in [1.82, 2.24) is 4.90 Å². The summed E-state index contributed by atoms with van der Waals surface area (Å²) in [5.74, 6) is -0.632. The lowest BCUT2D eigenvalue weighted by Gasteiger charge is -2.17. The molecule has 0 atom stereocenters. The molecule has 0 saturated carbocycles. The molecule has 148 valence electrons. The van der Waals surface area contributed by atoms with Gasteiger partial charge in [0.05, 0.1) is 6.42 Å². The fourth-order valence-corrected chi connectivity index (χ4v) is 2.97. The lowest BCUT2D eigenvalue weighted by Crippen LogP contribution is -2.31. The number of nitrogens with zero attached hydrogens (tertiary/aromatic N) is 1. The fourth-order valence-electron chi connectivity index (χ4n) is 2.97. The smallest absolute Gasteiger partial charge is 0.310 e. The Morgan fingerprint density at radius 2 is 1.38 bits per heavy atom. The van der Waals surface area contributed by atoms with Gasteiger partial charge in [-0.2, -0.15) is 0 Å². The minimum Gasteiger partial charge on any atom is -0.455 e. The summed E-state index contributed by atoms with van der Waals surface area (Å²) >= 11 is 0. The highest BCUT2D eigenvalue weighted by atomic mass is 16.5. The van der Waals surface area contributed by atoms with E-state index in [1.54, 1.807) is 11.9 Å². The molecule has 0 aromatic heterocycles. The van der Waals surface area contributed by atoms with E-state index >= 15 is 0 Å². The molecule has 0 N–H and O–H groups in total. The molecule has 0 fully saturated rings. The number of benzene rings is 3. The van der Waals surface area contributed by atoms with Crippen molar-refractivity contribution in [2.75, 3.05) is 13.7 Å². The van der Waals surface area contributed by atoms with Crippen LogP contribution in [0.25, 0.3) is 11.1 Å². The molecule has 3 rings (SSSR count). The average Bonchev–Trinajstić information content (AvgIpc) is 2.75. The Labute approximate surface area is 171 Å². The van der Waals surface area contributed by atoms with Crippen LogP contribution in [0.3, 0.4) is 0 Å². The lowest BCUT2D eigenvalue weighted by molar-refractivity contribution is -0.151. The fraction of sp³-hybridized carbons (Fsp3) is 0.200. The third-order valence-corrected chi connectivity index (χ3v) is 4.73. The molecular weight excluding hydrogens is 362 g/mol. The van der Waals surface area contributed by atoms with Crippen molar-refractivity contribution in [3.63, 3.8) is 0 Å². The highest BCUT2D eigenvalue weighted by Gasteiger charge is 2.13. The van der Waals surface area contributed by atoms with Crippen LogP contribution >= 0.6 is 0 Å². The van der Waals surface area contributed by atoms with E-state index in [9.17, 15) is 9.59 Å². The Hall–Kier alpha value is -3.40.